The minimum Gasteiger partial charge on any atom is -0.497 e. The highest BCUT2D eigenvalue weighted by Crippen LogP contribution is 2.32. The number of carbonyl (C=O) groups is 2. The fraction of sp³-hybridized carbons (Fsp3) is 0.417. The topological polar surface area (TPSA) is 77.1 Å². The lowest BCUT2D eigenvalue weighted by atomic mass is 9.88. The first-order valence-corrected chi connectivity index (χ1v) is 10.7. The number of carbonyl (C=O) groups excluding carboxylic acids is 2. The standard InChI is InChI=1S/C24H28N2O5/c1-16(24(28)25-19-4-3-5-20(15-19)29-2)26-10-8-17(9-11-26)23(27)18-6-7-21-22(14-18)31-13-12-30-21/h3-7,14-17H,8-13H2,1-2H3,(H,25,28). The van der Waals surface area contributed by atoms with Crippen molar-refractivity contribution in [2.24, 2.45) is 5.92 Å². The number of anilines is 1. The van der Waals surface area contributed by atoms with E-state index in [4.69, 9.17) is 14.2 Å². The Labute approximate surface area is 182 Å². The summed E-state index contributed by atoms with van der Waals surface area (Å²) in [6.45, 7) is 4.33. The van der Waals surface area contributed by atoms with E-state index in [1.54, 1.807) is 19.2 Å². The third kappa shape index (κ3) is 4.82. The fourth-order valence-corrected chi connectivity index (χ4v) is 4.09. The zero-order valence-electron chi connectivity index (χ0n) is 17.9. The number of nitrogens with one attached hydrogen (secondary N) is 1. The van der Waals surface area contributed by atoms with Gasteiger partial charge in [-0.3, -0.25) is 14.5 Å². The second-order valence-corrected chi connectivity index (χ2v) is 7.93. The van der Waals surface area contributed by atoms with E-state index in [0.717, 1.165) is 12.8 Å². The van der Waals surface area contributed by atoms with E-state index in [1.807, 2.05) is 37.3 Å². The minimum atomic E-state index is -0.281. The largest absolute Gasteiger partial charge is 0.497 e. The van der Waals surface area contributed by atoms with Crippen LogP contribution in [0.3, 0.4) is 0 Å². The van der Waals surface area contributed by atoms with Crippen LogP contribution in [0, 0.1) is 5.92 Å². The first-order chi connectivity index (χ1) is 15.0. The third-order valence-electron chi connectivity index (χ3n) is 5.99. The average molecular weight is 424 g/mol. The Hall–Kier alpha value is -3.06. The van der Waals surface area contributed by atoms with Gasteiger partial charge in [0.15, 0.2) is 17.3 Å². The highest BCUT2D eigenvalue weighted by atomic mass is 16.6. The molecule has 2 aromatic carbocycles. The summed E-state index contributed by atoms with van der Waals surface area (Å²) in [6.07, 6.45) is 1.45. The Bertz CT molecular complexity index is 953. The summed E-state index contributed by atoms with van der Waals surface area (Å²) in [5.41, 5.74) is 1.37. The minimum absolute atomic E-state index is 0.0487. The molecule has 1 fully saturated rings. The summed E-state index contributed by atoms with van der Waals surface area (Å²) >= 11 is 0. The van der Waals surface area contributed by atoms with Crippen molar-refractivity contribution in [1.82, 2.24) is 4.90 Å². The van der Waals surface area contributed by atoms with E-state index >= 15 is 0 Å². The molecular weight excluding hydrogens is 396 g/mol. The van der Waals surface area contributed by atoms with Crippen LogP contribution in [0.1, 0.15) is 30.1 Å². The summed E-state index contributed by atoms with van der Waals surface area (Å²) in [6, 6.07) is 12.4. The van der Waals surface area contributed by atoms with Gasteiger partial charge in [0.2, 0.25) is 5.91 Å². The van der Waals surface area contributed by atoms with Gasteiger partial charge < -0.3 is 19.5 Å². The molecule has 7 nitrogen and oxygen atoms in total. The lowest BCUT2D eigenvalue weighted by Gasteiger charge is -2.34. The Morgan fingerprint density at radius 1 is 1.06 bits per heavy atom. The average Bonchev–Trinajstić information content (AvgIpc) is 2.83. The smallest absolute Gasteiger partial charge is 0.241 e. The molecule has 2 aliphatic rings. The number of methoxy groups -OCH3 is 1. The normalized spacial score (nSPS) is 17.6. The quantitative estimate of drug-likeness (QED) is 0.717. The van der Waals surface area contributed by atoms with Crippen LogP contribution in [0.25, 0.3) is 0 Å². The van der Waals surface area contributed by atoms with Crippen LogP contribution < -0.4 is 19.5 Å². The van der Waals surface area contributed by atoms with E-state index in [1.165, 1.54) is 0 Å². The van der Waals surface area contributed by atoms with Crippen LogP contribution >= 0.6 is 0 Å². The third-order valence-corrected chi connectivity index (χ3v) is 5.99. The highest BCUT2D eigenvalue weighted by molar-refractivity contribution is 5.98. The first-order valence-electron chi connectivity index (χ1n) is 10.7. The number of likely N-dealkylation sites (tertiary alicyclic amines) is 1. The number of fused-ring (bicyclic) bond motifs is 1. The Kier molecular flexibility index (Phi) is 6.42. The monoisotopic (exact) mass is 424 g/mol. The maximum absolute atomic E-state index is 13.0. The van der Waals surface area contributed by atoms with Crippen LogP contribution in [0.2, 0.25) is 0 Å². The molecule has 164 valence electrons. The van der Waals surface area contributed by atoms with Crippen LogP contribution in [0.15, 0.2) is 42.5 Å². The van der Waals surface area contributed by atoms with Gasteiger partial charge in [-0.1, -0.05) is 6.07 Å². The number of nitrogens with zero attached hydrogens (tertiary/aromatic N) is 1. The summed E-state index contributed by atoms with van der Waals surface area (Å²) in [5.74, 6) is 2.04. The number of ether oxygens (including phenoxy) is 3. The second-order valence-electron chi connectivity index (χ2n) is 7.93. The molecule has 1 unspecified atom stereocenters. The zero-order valence-corrected chi connectivity index (χ0v) is 17.9. The van der Waals surface area contributed by atoms with Crippen molar-refractivity contribution in [3.63, 3.8) is 0 Å². The van der Waals surface area contributed by atoms with Gasteiger partial charge in [-0.2, -0.15) is 0 Å². The maximum Gasteiger partial charge on any atom is 0.241 e. The summed E-state index contributed by atoms with van der Waals surface area (Å²) in [5, 5.41) is 2.95. The fourth-order valence-electron chi connectivity index (χ4n) is 4.09. The van der Waals surface area contributed by atoms with Gasteiger partial charge in [-0.15, -0.1) is 0 Å². The Balaban J connectivity index is 1.32. The van der Waals surface area contributed by atoms with Crippen molar-refractivity contribution in [2.75, 3.05) is 38.7 Å². The molecule has 0 bridgehead atoms. The van der Waals surface area contributed by atoms with Crippen molar-refractivity contribution >= 4 is 17.4 Å². The number of benzene rings is 2. The molecule has 2 heterocycles. The number of hydrogen-bond donors (Lipinski definition) is 1. The van der Waals surface area contributed by atoms with E-state index < -0.39 is 0 Å². The molecule has 4 rings (SSSR count). The predicted molar refractivity (Wildman–Crippen MR) is 117 cm³/mol. The number of Topliss-reactive ketones (excluding diaryl/α,β-unsaturated/α-hetero) is 1. The lowest BCUT2D eigenvalue weighted by Crippen LogP contribution is -2.47. The van der Waals surface area contributed by atoms with Crippen LogP contribution in [-0.2, 0) is 4.79 Å². The van der Waals surface area contributed by atoms with Gasteiger partial charge in [-0.25, -0.2) is 0 Å². The van der Waals surface area contributed by atoms with Crippen molar-refractivity contribution in [2.45, 2.75) is 25.8 Å². The van der Waals surface area contributed by atoms with Crippen LogP contribution in [0.4, 0.5) is 5.69 Å². The molecule has 0 aliphatic carbocycles. The Morgan fingerprint density at radius 2 is 1.81 bits per heavy atom. The van der Waals surface area contributed by atoms with Crippen molar-refractivity contribution in [3.05, 3.63) is 48.0 Å². The maximum atomic E-state index is 13.0. The van der Waals surface area contributed by atoms with Crippen LogP contribution in [0.5, 0.6) is 17.2 Å². The summed E-state index contributed by atoms with van der Waals surface area (Å²) in [7, 11) is 1.60. The van der Waals surface area contributed by atoms with Crippen molar-refractivity contribution in [1.29, 1.82) is 0 Å². The molecule has 31 heavy (non-hydrogen) atoms. The molecule has 1 saturated heterocycles. The van der Waals surface area contributed by atoms with Gasteiger partial charge in [0.25, 0.3) is 0 Å². The summed E-state index contributed by atoms with van der Waals surface area (Å²) in [4.78, 5) is 27.8. The zero-order chi connectivity index (χ0) is 21.8. The summed E-state index contributed by atoms with van der Waals surface area (Å²) < 4.78 is 16.3. The molecule has 0 aromatic heterocycles. The van der Waals surface area contributed by atoms with E-state index in [9.17, 15) is 9.59 Å². The molecule has 1 N–H and O–H groups in total. The lowest BCUT2D eigenvalue weighted by molar-refractivity contribution is -0.121. The molecule has 0 radical (unpaired) electrons. The molecule has 0 spiro atoms. The van der Waals surface area contributed by atoms with Crippen LogP contribution in [-0.4, -0.2) is 56.0 Å². The first kappa shape index (κ1) is 21.2. The molecule has 1 atom stereocenters. The van der Waals surface area contributed by atoms with E-state index in [-0.39, 0.29) is 23.7 Å². The van der Waals surface area contributed by atoms with E-state index in [0.29, 0.717) is 54.8 Å². The number of amides is 1. The van der Waals surface area contributed by atoms with Crippen molar-refractivity contribution < 1.29 is 23.8 Å². The second kappa shape index (κ2) is 9.39. The van der Waals surface area contributed by atoms with Gasteiger partial charge in [-0.05, 0) is 63.2 Å². The number of hydrogen-bond acceptors (Lipinski definition) is 6. The van der Waals surface area contributed by atoms with Gasteiger partial charge >= 0.3 is 0 Å². The SMILES string of the molecule is COc1cccc(NC(=O)C(C)N2CCC(C(=O)c3ccc4c(c3)OCCO4)CC2)c1. The van der Waals surface area contributed by atoms with Gasteiger partial charge in [0.1, 0.15) is 19.0 Å². The highest BCUT2D eigenvalue weighted by Gasteiger charge is 2.30. The number of rotatable bonds is 6. The van der Waals surface area contributed by atoms with E-state index in [2.05, 4.69) is 10.2 Å². The molecule has 2 aliphatic heterocycles. The molecule has 7 heteroatoms. The predicted octanol–water partition coefficient (Wildman–Crippen LogP) is 3.39. The van der Waals surface area contributed by atoms with Gasteiger partial charge in [0.05, 0.1) is 13.2 Å². The number of ketones is 1. The molecule has 1 amide bonds. The molecule has 2 aromatic rings. The number of piperidine rings is 1. The molecule has 0 saturated carbocycles. The Morgan fingerprint density at radius 3 is 2.55 bits per heavy atom. The van der Waals surface area contributed by atoms with Gasteiger partial charge in [0, 0.05) is 23.2 Å². The molecular formula is C24H28N2O5. The van der Waals surface area contributed by atoms with Crippen molar-refractivity contribution in [3.8, 4) is 17.2 Å².